The smallest absolute Gasteiger partial charge is 0.242 e. The summed E-state index contributed by atoms with van der Waals surface area (Å²) in [6.45, 7) is 8.15. The van der Waals surface area contributed by atoms with E-state index in [9.17, 15) is 9.59 Å². The number of carbonyl (C=O) groups is 2. The molecule has 7 nitrogen and oxygen atoms in total. The molecule has 0 saturated carbocycles. The van der Waals surface area contributed by atoms with Gasteiger partial charge >= 0.3 is 0 Å². The van der Waals surface area contributed by atoms with E-state index in [0.717, 1.165) is 0 Å². The van der Waals surface area contributed by atoms with Crippen LogP contribution in [0, 0.1) is 0 Å². The number of rotatable bonds is 5. The van der Waals surface area contributed by atoms with Crippen LogP contribution in [0.4, 0.5) is 5.95 Å². The first kappa shape index (κ1) is 15.9. The second kappa shape index (κ2) is 7.53. The van der Waals surface area contributed by atoms with Gasteiger partial charge in [-0.2, -0.15) is 0 Å². The molecule has 0 spiro atoms. The van der Waals surface area contributed by atoms with Crippen LogP contribution < -0.4 is 4.90 Å². The Kier molecular flexibility index (Phi) is 5.46. The van der Waals surface area contributed by atoms with E-state index >= 15 is 0 Å². The lowest BCUT2D eigenvalue weighted by atomic mass is 10.3. The molecule has 0 atom stereocenters. The summed E-state index contributed by atoms with van der Waals surface area (Å²) >= 11 is 0. The third-order valence-corrected chi connectivity index (χ3v) is 3.59. The summed E-state index contributed by atoms with van der Waals surface area (Å²) in [5.74, 6) is 0.530. The van der Waals surface area contributed by atoms with Gasteiger partial charge in [-0.25, -0.2) is 9.97 Å². The van der Waals surface area contributed by atoms with E-state index in [2.05, 4.69) is 21.4 Å². The molecule has 1 aromatic rings. The van der Waals surface area contributed by atoms with Crippen molar-refractivity contribution >= 4 is 17.8 Å². The minimum absolute atomic E-state index is 0.0364. The molecule has 1 aliphatic rings. The van der Waals surface area contributed by atoms with Gasteiger partial charge in [-0.3, -0.25) is 9.59 Å². The van der Waals surface area contributed by atoms with Crippen molar-refractivity contribution in [2.75, 3.05) is 44.2 Å². The summed E-state index contributed by atoms with van der Waals surface area (Å²) in [5, 5.41) is 0. The van der Waals surface area contributed by atoms with Gasteiger partial charge in [0.1, 0.15) is 6.54 Å². The quantitative estimate of drug-likeness (QED) is 0.725. The van der Waals surface area contributed by atoms with Gasteiger partial charge in [-0.05, 0) is 6.07 Å². The van der Waals surface area contributed by atoms with Crippen LogP contribution in [0.5, 0.6) is 0 Å². The van der Waals surface area contributed by atoms with Crippen molar-refractivity contribution in [2.45, 2.75) is 6.92 Å². The molecule has 0 bridgehead atoms. The maximum Gasteiger partial charge on any atom is 0.242 e. The summed E-state index contributed by atoms with van der Waals surface area (Å²) < 4.78 is 0. The van der Waals surface area contributed by atoms with Crippen molar-refractivity contribution < 1.29 is 9.59 Å². The minimum Gasteiger partial charge on any atom is -0.338 e. The molecule has 22 heavy (non-hydrogen) atoms. The van der Waals surface area contributed by atoms with Crippen LogP contribution >= 0.6 is 0 Å². The topological polar surface area (TPSA) is 69.6 Å². The molecule has 2 rings (SSSR count). The Labute approximate surface area is 130 Å². The van der Waals surface area contributed by atoms with Crippen molar-refractivity contribution in [1.82, 2.24) is 19.8 Å². The van der Waals surface area contributed by atoms with E-state index in [1.54, 1.807) is 29.4 Å². The lowest BCUT2D eigenvalue weighted by Gasteiger charge is -2.35. The zero-order valence-corrected chi connectivity index (χ0v) is 12.8. The number of piperazine rings is 1. The highest BCUT2D eigenvalue weighted by molar-refractivity contribution is 5.84. The Morgan fingerprint density at radius 2 is 1.91 bits per heavy atom. The lowest BCUT2D eigenvalue weighted by Crippen LogP contribution is -2.52. The van der Waals surface area contributed by atoms with Crippen LogP contribution in [0.1, 0.15) is 6.92 Å². The molecule has 1 fully saturated rings. The van der Waals surface area contributed by atoms with Gasteiger partial charge in [0.25, 0.3) is 0 Å². The first-order valence-corrected chi connectivity index (χ1v) is 7.28. The molecule has 0 aromatic carbocycles. The van der Waals surface area contributed by atoms with Crippen LogP contribution in [0.2, 0.25) is 0 Å². The molecule has 0 N–H and O–H groups in total. The molecule has 0 aliphatic carbocycles. The summed E-state index contributed by atoms with van der Waals surface area (Å²) in [7, 11) is 0. The fraction of sp³-hybridized carbons (Fsp3) is 0.467. The van der Waals surface area contributed by atoms with Gasteiger partial charge < -0.3 is 14.7 Å². The average Bonchev–Trinajstić information content (AvgIpc) is 2.55. The zero-order valence-electron chi connectivity index (χ0n) is 12.8. The standard InChI is InChI=1S/C15H21N5O2/c1-3-7-20(13(2)21)12-14(22)18-8-10-19(11-9-18)15-16-5-4-6-17-15/h3-6H,1,7-12H2,2H3. The summed E-state index contributed by atoms with van der Waals surface area (Å²) in [6.07, 6.45) is 5.04. The monoisotopic (exact) mass is 303 g/mol. The number of hydrogen-bond donors (Lipinski definition) is 0. The molecule has 1 saturated heterocycles. The van der Waals surface area contributed by atoms with Crippen LogP contribution in [0.25, 0.3) is 0 Å². The van der Waals surface area contributed by atoms with Gasteiger partial charge in [-0.1, -0.05) is 6.08 Å². The van der Waals surface area contributed by atoms with Crippen LogP contribution in [-0.2, 0) is 9.59 Å². The number of anilines is 1. The summed E-state index contributed by atoms with van der Waals surface area (Å²) in [4.78, 5) is 37.5. The molecule has 1 aliphatic heterocycles. The van der Waals surface area contributed by atoms with Crippen molar-refractivity contribution in [2.24, 2.45) is 0 Å². The maximum absolute atomic E-state index is 12.3. The third kappa shape index (κ3) is 4.03. The number of carbonyl (C=O) groups excluding carboxylic acids is 2. The highest BCUT2D eigenvalue weighted by atomic mass is 16.2. The normalized spacial score (nSPS) is 14.6. The van der Waals surface area contributed by atoms with Crippen LogP contribution in [0.15, 0.2) is 31.1 Å². The Balaban J connectivity index is 1.87. The average molecular weight is 303 g/mol. The number of aromatic nitrogens is 2. The molecule has 2 heterocycles. The van der Waals surface area contributed by atoms with E-state index in [4.69, 9.17) is 0 Å². The second-order valence-electron chi connectivity index (χ2n) is 5.10. The van der Waals surface area contributed by atoms with Crippen molar-refractivity contribution in [3.63, 3.8) is 0 Å². The Bertz CT molecular complexity index is 526. The predicted molar refractivity (Wildman–Crippen MR) is 83.3 cm³/mol. The Morgan fingerprint density at radius 1 is 1.27 bits per heavy atom. The zero-order chi connectivity index (χ0) is 15.9. The predicted octanol–water partition coefficient (Wildman–Crippen LogP) is 0.160. The third-order valence-electron chi connectivity index (χ3n) is 3.59. The molecule has 0 radical (unpaired) electrons. The number of amides is 2. The number of hydrogen-bond acceptors (Lipinski definition) is 5. The fourth-order valence-electron chi connectivity index (χ4n) is 2.33. The van der Waals surface area contributed by atoms with Gasteiger partial charge in [0.2, 0.25) is 17.8 Å². The SMILES string of the molecule is C=CCN(CC(=O)N1CCN(c2ncccn2)CC1)C(C)=O. The van der Waals surface area contributed by atoms with Gasteiger partial charge in [0, 0.05) is 52.0 Å². The van der Waals surface area contributed by atoms with E-state index < -0.39 is 0 Å². The van der Waals surface area contributed by atoms with E-state index in [0.29, 0.717) is 38.7 Å². The lowest BCUT2D eigenvalue weighted by molar-refractivity contribution is -0.139. The van der Waals surface area contributed by atoms with Gasteiger partial charge in [0.15, 0.2) is 0 Å². The molecule has 7 heteroatoms. The van der Waals surface area contributed by atoms with Crippen molar-refractivity contribution in [3.05, 3.63) is 31.1 Å². The Morgan fingerprint density at radius 3 is 2.45 bits per heavy atom. The Hall–Kier alpha value is -2.44. The highest BCUT2D eigenvalue weighted by Crippen LogP contribution is 2.10. The molecule has 118 valence electrons. The van der Waals surface area contributed by atoms with Crippen molar-refractivity contribution in [3.8, 4) is 0 Å². The van der Waals surface area contributed by atoms with E-state index in [-0.39, 0.29) is 18.4 Å². The summed E-state index contributed by atoms with van der Waals surface area (Å²) in [5.41, 5.74) is 0. The maximum atomic E-state index is 12.3. The first-order chi connectivity index (χ1) is 10.6. The fourth-order valence-corrected chi connectivity index (χ4v) is 2.33. The highest BCUT2D eigenvalue weighted by Gasteiger charge is 2.24. The van der Waals surface area contributed by atoms with Gasteiger partial charge in [-0.15, -0.1) is 6.58 Å². The van der Waals surface area contributed by atoms with Crippen molar-refractivity contribution in [1.29, 1.82) is 0 Å². The summed E-state index contributed by atoms with van der Waals surface area (Å²) in [6, 6.07) is 1.78. The molecular formula is C15H21N5O2. The van der Waals surface area contributed by atoms with E-state index in [1.165, 1.54) is 11.8 Å². The van der Waals surface area contributed by atoms with E-state index in [1.807, 2.05) is 0 Å². The molecule has 2 amide bonds. The molecular weight excluding hydrogens is 282 g/mol. The number of nitrogens with zero attached hydrogens (tertiary/aromatic N) is 5. The van der Waals surface area contributed by atoms with Crippen LogP contribution in [-0.4, -0.2) is 70.9 Å². The molecule has 1 aromatic heterocycles. The second-order valence-corrected chi connectivity index (χ2v) is 5.10. The molecule has 0 unspecified atom stereocenters. The minimum atomic E-state index is -0.121. The largest absolute Gasteiger partial charge is 0.338 e. The van der Waals surface area contributed by atoms with Gasteiger partial charge in [0.05, 0.1) is 0 Å². The first-order valence-electron chi connectivity index (χ1n) is 7.28. The van der Waals surface area contributed by atoms with Crippen LogP contribution in [0.3, 0.4) is 0 Å².